The summed E-state index contributed by atoms with van der Waals surface area (Å²) in [5.41, 5.74) is 1.82. The van der Waals surface area contributed by atoms with Crippen LogP contribution in [0.25, 0.3) is 0 Å². The minimum atomic E-state index is -0.678. The number of hydrogen-bond donors (Lipinski definition) is 2. The Labute approximate surface area is 107 Å². The number of nitrogens with zero attached hydrogens (tertiary/aromatic N) is 1. The lowest BCUT2D eigenvalue weighted by Crippen LogP contribution is -2.38. The van der Waals surface area contributed by atoms with Gasteiger partial charge in [0.25, 0.3) is 0 Å². The van der Waals surface area contributed by atoms with E-state index in [1.807, 2.05) is 31.2 Å². The summed E-state index contributed by atoms with van der Waals surface area (Å²) in [7, 11) is 3.14. The van der Waals surface area contributed by atoms with Gasteiger partial charge in [-0.25, -0.2) is 4.79 Å². The molecule has 0 aromatic heterocycles. The van der Waals surface area contributed by atoms with Crippen LogP contribution in [-0.4, -0.2) is 49.5 Å². The first kappa shape index (κ1) is 14.5. The number of likely N-dealkylation sites (N-methyl/N-ethyl adjacent to an activating group) is 1. The Balaban J connectivity index is 2.49. The van der Waals surface area contributed by atoms with Crippen LogP contribution in [0, 0.1) is 6.92 Å². The molecule has 18 heavy (non-hydrogen) atoms. The van der Waals surface area contributed by atoms with Gasteiger partial charge in [0.05, 0.1) is 19.3 Å². The number of aliphatic hydroxyl groups excluding tert-OH is 1. The van der Waals surface area contributed by atoms with Gasteiger partial charge in [-0.15, -0.1) is 0 Å². The fraction of sp³-hybridized carbons (Fsp3) is 0.462. The van der Waals surface area contributed by atoms with E-state index in [-0.39, 0.29) is 19.2 Å². The summed E-state index contributed by atoms with van der Waals surface area (Å²) in [6, 6.07) is 7.30. The maximum absolute atomic E-state index is 11.8. The molecular formula is C13H20N2O3. The minimum absolute atomic E-state index is 0.210. The number of methoxy groups -OCH3 is 1. The topological polar surface area (TPSA) is 61.8 Å². The molecule has 1 atom stereocenters. The highest BCUT2D eigenvalue weighted by atomic mass is 16.5. The Kier molecular flexibility index (Phi) is 5.61. The molecular weight excluding hydrogens is 232 g/mol. The normalized spacial score (nSPS) is 12.0. The van der Waals surface area contributed by atoms with Crippen molar-refractivity contribution in [2.45, 2.75) is 13.0 Å². The van der Waals surface area contributed by atoms with Crippen molar-refractivity contribution in [3.05, 3.63) is 29.8 Å². The van der Waals surface area contributed by atoms with Crippen molar-refractivity contribution in [2.75, 3.05) is 32.6 Å². The standard InChI is InChI=1S/C13H20N2O3/c1-10-5-4-6-11(7-10)14-13(17)15(2)8-12(16)9-18-3/h4-7,12,16H,8-9H2,1-3H3,(H,14,17). The molecule has 5 nitrogen and oxygen atoms in total. The number of carbonyl (C=O) groups is 1. The molecule has 0 aliphatic heterocycles. The molecule has 0 heterocycles. The molecule has 0 aliphatic carbocycles. The van der Waals surface area contributed by atoms with E-state index < -0.39 is 6.10 Å². The van der Waals surface area contributed by atoms with Crippen molar-refractivity contribution in [3.63, 3.8) is 0 Å². The third-order valence-corrected chi connectivity index (χ3v) is 2.46. The molecule has 0 saturated carbocycles. The maximum atomic E-state index is 11.8. The van der Waals surface area contributed by atoms with Gasteiger partial charge in [-0.05, 0) is 24.6 Å². The number of nitrogens with one attached hydrogen (secondary N) is 1. The van der Waals surface area contributed by atoms with Gasteiger partial charge in [0.1, 0.15) is 0 Å². The first-order valence-electron chi connectivity index (χ1n) is 5.78. The number of carbonyl (C=O) groups excluding carboxylic acids is 1. The molecule has 0 fully saturated rings. The summed E-state index contributed by atoms with van der Waals surface area (Å²) in [5.74, 6) is 0. The van der Waals surface area contributed by atoms with E-state index in [9.17, 15) is 9.90 Å². The SMILES string of the molecule is COCC(O)CN(C)C(=O)Nc1cccc(C)c1. The molecule has 0 saturated heterocycles. The molecule has 0 bridgehead atoms. The van der Waals surface area contributed by atoms with Gasteiger partial charge in [-0.2, -0.15) is 0 Å². The lowest BCUT2D eigenvalue weighted by atomic mass is 10.2. The first-order valence-corrected chi connectivity index (χ1v) is 5.78. The zero-order valence-electron chi connectivity index (χ0n) is 11.0. The highest BCUT2D eigenvalue weighted by Crippen LogP contribution is 2.10. The number of rotatable bonds is 5. The number of ether oxygens (including phenoxy) is 1. The molecule has 2 N–H and O–H groups in total. The van der Waals surface area contributed by atoms with E-state index in [4.69, 9.17) is 4.74 Å². The Morgan fingerprint density at radius 2 is 2.28 bits per heavy atom. The van der Waals surface area contributed by atoms with Gasteiger partial charge in [0, 0.05) is 19.8 Å². The third-order valence-electron chi connectivity index (χ3n) is 2.46. The second kappa shape index (κ2) is 6.98. The Hall–Kier alpha value is -1.59. The van der Waals surface area contributed by atoms with Crippen molar-refractivity contribution in [3.8, 4) is 0 Å². The number of aryl methyl sites for hydroxylation is 1. The minimum Gasteiger partial charge on any atom is -0.389 e. The Morgan fingerprint density at radius 1 is 1.56 bits per heavy atom. The summed E-state index contributed by atoms with van der Waals surface area (Å²) in [5, 5.41) is 12.3. The predicted molar refractivity (Wildman–Crippen MR) is 70.7 cm³/mol. The van der Waals surface area contributed by atoms with Crippen molar-refractivity contribution in [1.82, 2.24) is 4.90 Å². The summed E-state index contributed by atoms with van der Waals surface area (Å²) >= 11 is 0. The van der Waals surface area contributed by atoms with Crippen LogP contribution in [0.3, 0.4) is 0 Å². The van der Waals surface area contributed by atoms with Gasteiger partial charge in [-0.3, -0.25) is 0 Å². The molecule has 1 unspecified atom stereocenters. The zero-order valence-corrected chi connectivity index (χ0v) is 11.0. The number of amides is 2. The monoisotopic (exact) mass is 252 g/mol. The third kappa shape index (κ3) is 4.73. The van der Waals surface area contributed by atoms with Gasteiger partial charge in [0.15, 0.2) is 0 Å². The summed E-state index contributed by atoms with van der Waals surface area (Å²) in [6.45, 7) is 2.40. The van der Waals surface area contributed by atoms with E-state index in [1.54, 1.807) is 7.05 Å². The summed E-state index contributed by atoms with van der Waals surface area (Å²) < 4.78 is 4.81. The number of aliphatic hydroxyl groups is 1. The van der Waals surface area contributed by atoms with Crippen molar-refractivity contribution >= 4 is 11.7 Å². The first-order chi connectivity index (χ1) is 8.52. The van der Waals surface area contributed by atoms with E-state index in [0.717, 1.165) is 11.3 Å². The van der Waals surface area contributed by atoms with E-state index in [2.05, 4.69) is 5.32 Å². The van der Waals surface area contributed by atoms with Gasteiger partial charge < -0.3 is 20.1 Å². The predicted octanol–water partition coefficient (Wildman–Crippen LogP) is 1.47. The van der Waals surface area contributed by atoms with Crippen molar-refractivity contribution < 1.29 is 14.6 Å². The van der Waals surface area contributed by atoms with Crippen molar-refractivity contribution in [1.29, 1.82) is 0 Å². The van der Waals surface area contributed by atoms with E-state index in [1.165, 1.54) is 12.0 Å². The molecule has 1 rings (SSSR count). The highest BCUT2D eigenvalue weighted by molar-refractivity contribution is 5.89. The van der Waals surface area contributed by atoms with Gasteiger partial charge in [0.2, 0.25) is 0 Å². The Bertz CT molecular complexity index is 396. The molecule has 100 valence electrons. The molecule has 5 heteroatoms. The molecule has 0 radical (unpaired) electrons. The molecule has 0 aliphatic rings. The summed E-state index contributed by atoms with van der Waals surface area (Å²) in [4.78, 5) is 13.2. The molecule has 2 amide bonds. The van der Waals surface area contributed by atoms with Crippen molar-refractivity contribution in [2.24, 2.45) is 0 Å². The number of hydrogen-bond acceptors (Lipinski definition) is 3. The fourth-order valence-corrected chi connectivity index (χ4v) is 1.59. The average molecular weight is 252 g/mol. The average Bonchev–Trinajstić information content (AvgIpc) is 2.29. The van der Waals surface area contributed by atoms with Gasteiger partial charge in [-0.1, -0.05) is 12.1 Å². The lowest BCUT2D eigenvalue weighted by Gasteiger charge is -2.21. The van der Waals surface area contributed by atoms with Crippen LogP contribution >= 0.6 is 0 Å². The maximum Gasteiger partial charge on any atom is 0.321 e. The molecule has 1 aromatic rings. The second-order valence-corrected chi connectivity index (χ2v) is 4.29. The van der Waals surface area contributed by atoms with Crippen LogP contribution in [-0.2, 0) is 4.74 Å². The van der Waals surface area contributed by atoms with Crippen LogP contribution in [0.15, 0.2) is 24.3 Å². The smallest absolute Gasteiger partial charge is 0.321 e. The number of anilines is 1. The quantitative estimate of drug-likeness (QED) is 0.834. The largest absolute Gasteiger partial charge is 0.389 e. The highest BCUT2D eigenvalue weighted by Gasteiger charge is 2.13. The van der Waals surface area contributed by atoms with Crippen LogP contribution < -0.4 is 5.32 Å². The lowest BCUT2D eigenvalue weighted by molar-refractivity contribution is 0.0501. The summed E-state index contributed by atoms with van der Waals surface area (Å²) in [6.07, 6.45) is -0.678. The van der Waals surface area contributed by atoms with Crippen LogP contribution in [0.5, 0.6) is 0 Å². The Morgan fingerprint density at radius 3 is 2.89 bits per heavy atom. The molecule has 1 aromatic carbocycles. The second-order valence-electron chi connectivity index (χ2n) is 4.29. The van der Waals surface area contributed by atoms with Crippen LogP contribution in [0.1, 0.15) is 5.56 Å². The number of benzene rings is 1. The van der Waals surface area contributed by atoms with E-state index in [0.29, 0.717) is 0 Å². The van der Waals surface area contributed by atoms with Gasteiger partial charge >= 0.3 is 6.03 Å². The fourth-order valence-electron chi connectivity index (χ4n) is 1.59. The van der Waals surface area contributed by atoms with Crippen LogP contribution in [0.4, 0.5) is 10.5 Å². The molecule has 0 spiro atoms. The van der Waals surface area contributed by atoms with Crippen LogP contribution in [0.2, 0.25) is 0 Å². The zero-order chi connectivity index (χ0) is 13.5. The number of urea groups is 1. The van der Waals surface area contributed by atoms with E-state index >= 15 is 0 Å².